The predicted octanol–water partition coefficient (Wildman–Crippen LogP) is 2.62. The van der Waals surface area contributed by atoms with Gasteiger partial charge in [0.05, 0.1) is 6.42 Å². The Hall–Kier alpha value is -0.523. The summed E-state index contributed by atoms with van der Waals surface area (Å²) in [4.78, 5) is 11.3. The molecule has 0 rings (SSSR count). The first-order valence-electron chi connectivity index (χ1n) is 4.37. The smallest absolute Gasteiger partial charge is 0.373 e. The van der Waals surface area contributed by atoms with Crippen LogP contribution in [0.1, 0.15) is 12.8 Å². The molecule has 0 spiro atoms. The van der Waals surface area contributed by atoms with E-state index in [4.69, 9.17) is 0 Å². The number of alkyl halides is 3. The van der Waals surface area contributed by atoms with Crippen molar-refractivity contribution in [3.63, 3.8) is 0 Å². The highest BCUT2D eigenvalue weighted by Crippen LogP contribution is 2.22. The normalized spacial score (nSPS) is 12.8. The topological polar surface area (TPSA) is 20.3 Å². The maximum atomic E-state index is 11.8. The number of nitrogens with zero attached hydrogens (tertiary/aromatic N) is 1. The molecule has 14 heavy (non-hydrogen) atoms. The maximum Gasteiger partial charge on any atom is 0.389 e. The SMILES string of the molecule is CN(C(=O)CCC(F)(F)F)[Si](C)(C)C. The molecule has 0 aromatic rings. The van der Waals surface area contributed by atoms with Crippen LogP contribution in [-0.2, 0) is 4.79 Å². The van der Waals surface area contributed by atoms with Crippen LogP contribution < -0.4 is 0 Å². The van der Waals surface area contributed by atoms with Crippen molar-refractivity contribution < 1.29 is 18.0 Å². The van der Waals surface area contributed by atoms with Gasteiger partial charge in [-0.1, -0.05) is 19.6 Å². The molecule has 0 saturated carbocycles. The van der Waals surface area contributed by atoms with Gasteiger partial charge in [0.1, 0.15) is 0 Å². The first kappa shape index (κ1) is 13.5. The second-order valence-corrected chi connectivity index (χ2v) is 9.25. The van der Waals surface area contributed by atoms with Crippen LogP contribution >= 0.6 is 0 Å². The van der Waals surface area contributed by atoms with Crippen LogP contribution in [0, 0.1) is 0 Å². The minimum Gasteiger partial charge on any atom is -0.373 e. The average Bonchev–Trinajstić information content (AvgIpc) is 1.95. The van der Waals surface area contributed by atoms with Gasteiger partial charge < -0.3 is 4.57 Å². The molecule has 0 aliphatic heterocycles. The Labute approximate surface area is 83.2 Å². The highest BCUT2D eigenvalue weighted by molar-refractivity contribution is 6.75. The zero-order chi connectivity index (χ0) is 11.6. The number of halogens is 3. The van der Waals surface area contributed by atoms with Gasteiger partial charge in [0, 0.05) is 13.5 Å². The summed E-state index contributed by atoms with van der Waals surface area (Å²) in [5.41, 5.74) is 0. The zero-order valence-electron chi connectivity index (χ0n) is 8.90. The van der Waals surface area contributed by atoms with Gasteiger partial charge in [-0.3, -0.25) is 4.79 Å². The number of hydrogen-bond donors (Lipinski definition) is 0. The van der Waals surface area contributed by atoms with Crippen molar-refractivity contribution >= 4 is 14.1 Å². The van der Waals surface area contributed by atoms with Crippen LogP contribution in [0.2, 0.25) is 19.6 Å². The number of amides is 1. The van der Waals surface area contributed by atoms with E-state index >= 15 is 0 Å². The molecule has 0 saturated heterocycles. The summed E-state index contributed by atoms with van der Waals surface area (Å²) >= 11 is 0. The van der Waals surface area contributed by atoms with E-state index in [-0.39, 0.29) is 0 Å². The maximum absolute atomic E-state index is 11.8. The van der Waals surface area contributed by atoms with Crippen molar-refractivity contribution in [2.75, 3.05) is 7.05 Å². The van der Waals surface area contributed by atoms with Gasteiger partial charge in [0.25, 0.3) is 0 Å². The van der Waals surface area contributed by atoms with Crippen molar-refractivity contribution in [1.29, 1.82) is 0 Å². The molecule has 84 valence electrons. The van der Waals surface area contributed by atoms with E-state index in [1.807, 2.05) is 19.6 Å². The molecule has 0 fully saturated rings. The third kappa shape index (κ3) is 5.26. The Bertz CT molecular complexity index is 210. The Morgan fingerprint density at radius 3 is 2.00 bits per heavy atom. The van der Waals surface area contributed by atoms with Crippen molar-refractivity contribution in [2.24, 2.45) is 0 Å². The highest BCUT2D eigenvalue weighted by Gasteiger charge is 2.31. The van der Waals surface area contributed by atoms with Crippen LogP contribution in [0.5, 0.6) is 0 Å². The summed E-state index contributed by atoms with van der Waals surface area (Å²) in [7, 11) is -0.229. The molecule has 0 atom stereocenters. The molecule has 0 aromatic heterocycles. The molecule has 0 aliphatic carbocycles. The standard InChI is InChI=1S/C8H16F3NOSi/c1-12(14(2,3)4)7(13)5-6-8(9,10)11/h5-6H2,1-4H3. The third-order valence-electron chi connectivity index (χ3n) is 2.00. The molecule has 2 nitrogen and oxygen atoms in total. The molecule has 1 amide bonds. The van der Waals surface area contributed by atoms with Gasteiger partial charge in [0.2, 0.25) is 5.91 Å². The van der Waals surface area contributed by atoms with E-state index in [9.17, 15) is 18.0 Å². The predicted molar refractivity (Wildman–Crippen MR) is 51.4 cm³/mol. The summed E-state index contributed by atoms with van der Waals surface area (Å²) in [6.07, 6.45) is -5.71. The van der Waals surface area contributed by atoms with Crippen LogP contribution in [0.4, 0.5) is 13.2 Å². The van der Waals surface area contributed by atoms with Crippen molar-refractivity contribution in [3.05, 3.63) is 0 Å². The Balaban J connectivity index is 4.11. The van der Waals surface area contributed by atoms with E-state index in [1.54, 1.807) is 7.05 Å². The molecule has 0 bridgehead atoms. The van der Waals surface area contributed by atoms with Gasteiger partial charge in [-0.2, -0.15) is 13.2 Å². The number of carbonyl (C=O) groups excluding carboxylic acids is 1. The van der Waals surface area contributed by atoms with E-state index in [1.165, 1.54) is 4.57 Å². The van der Waals surface area contributed by atoms with Crippen LogP contribution in [-0.4, -0.2) is 31.9 Å². The summed E-state index contributed by atoms with van der Waals surface area (Å²) in [5.74, 6) is -0.415. The fourth-order valence-corrected chi connectivity index (χ4v) is 1.65. The Morgan fingerprint density at radius 2 is 1.71 bits per heavy atom. The average molecular weight is 227 g/mol. The lowest BCUT2D eigenvalue weighted by Gasteiger charge is -2.30. The second-order valence-electron chi connectivity index (χ2n) is 4.24. The largest absolute Gasteiger partial charge is 0.389 e. The van der Waals surface area contributed by atoms with E-state index in [0.29, 0.717) is 0 Å². The summed E-state index contributed by atoms with van der Waals surface area (Å²) in [6.45, 7) is 5.75. The molecule has 0 radical (unpaired) electrons. The van der Waals surface area contributed by atoms with Gasteiger partial charge >= 0.3 is 6.18 Å². The fraction of sp³-hybridized carbons (Fsp3) is 0.875. The van der Waals surface area contributed by atoms with Crippen LogP contribution in [0.15, 0.2) is 0 Å². The van der Waals surface area contributed by atoms with Crippen molar-refractivity contribution in [1.82, 2.24) is 4.57 Å². The van der Waals surface area contributed by atoms with Gasteiger partial charge in [-0.25, -0.2) is 0 Å². The highest BCUT2D eigenvalue weighted by atomic mass is 28.3. The molecule has 0 N–H and O–H groups in total. The van der Waals surface area contributed by atoms with Crippen molar-refractivity contribution in [2.45, 2.75) is 38.7 Å². The van der Waals surface area contributed by atoms with Crippen molar-refractivity contribution in [3.8, 4) is 0 Å². The van der Waals surface area contributed by atoms with Gasteiger partial charge in [-0.05, 0) is 0 Å². The first-order valence-corrected chi connectivity index (χ1v) is 7.82. The lowest BCUT2D eigenvalue weighted by Crippen LogP contribution is -2.47. The fourth-order valence-electron chi connectivity index (χ4n) is 0.790. The Kier molecular flexibility index (Phi) is 4.17. The monoisotopic (exact) mass is 227 g/mol. The summed E-state index contributed by atoms with van der Waals surface area (Å²) in [5, 5.41) is 0. The minimum absolute atomic E-state index is 0.415. The van der Waals surface area contributed by atoms with E-state index in [0.717, 1.165) is 0 Å². The summed E-state index contributed by atoms with van der Waals surface area (Å²) < 4.78 is 36.9. The molecule has 0 aromatic carbocycles. The van der Waals surface area contributed by atoms with E-state index < -0.39 is 33.2 Å². The van der Waals surface area contributed by atoms with Crippen LogP contribution in [0.3, 0.4) is 0 Å². The molecule has 0 unspecified atom stereocenters. The second kappa shape index (κ2) is 4.33. The van der Waals surface area contributed by atoms with Gasteiger partial charge in [-0.15, -0.1) is 0 Å². The number of hydrogen-bond acceptors (Lipinski definition) is 1. The first-order chi connectivity index (χ1) is 6.04. The lowest BCUT2D eigenvalue weighted by atomic mass is 10.3. The third-order valence-corrected chi connectivity index (χ3v) is 4.26. The lowest BCUT2D eigenvalue weighted by molar-refractivity contribution is -0.146. The number of rotatable bonds is 3. The van der Waals surface area contributed by atoms with Gasteiger partial charge in [0.15, 0.2) is 8.24 Å². The summed E-state index contributed by atoms with van der Waals surface area (Å²) in [6, 6.07) is 0. The zero-order valence-corrected chi connectivity index (χ0v) is 9.90. The Morgan fingerprint density at radius 1 is 1.29 bits per heavy atom. The number of carbonyl (C=O) groups is 1. The minimum atomic E-state index is -4.24. The molecular weight excluding hydrogens is 211 g/mol. The molecule has 6 heteroatoms. The van der Waals surface area contributed by atoms with E-state index in [2.05, 4.69) is 0 Å². The van der Waals surface area contributed by atoms with Crippen LogP contribution in [0.25, 0.3) is 0 Å². The molecular formula is C8H16F3NOSi. The quantitative estimate of drug-likeness (QED) is 0.679. The molecule has 0 aliphatic rings. The molecule has 0 heterocycles.